The van der Waals surface area contributed by atoms with E-state index in [9.17, 15) is 4.79 Å². The van der Waals surface area contributed by atoms with E-state index in [2.05, 4.69) is 15.8 Å². The monoisotopic (exact) mass is 227 g/mol. The molecule has 0 aliphatic rings. The molecular weight excluding hydrogens is 214 g/mol. The Morgan fingerprint density at radius 2 is 2.07 bits per heavy atom. The molecule has 15 heavy (non-hydrogen) atoms. The molecule has 0 unspecified atom stereocenters. The van der Waals surface area contributed by atoms with E-state index in [1.807, 2.05) is 20.8 Å². The number of anilines is 1. The van der Waals surface area contributed by atoms with Crippen molar-refractivity contribution in [3.8, 4) is 0 Å². The van der Waals surface area contributed by atoms with Gasteiger partial charge in [-0.1, -0.05) is 38.4 Å². The number of aromatic nitrogens is 1. The van der Waals surface area contributed by atoms with Crippen molar-refractivity contribution in [3.63, 3.8) is 0 Å². The molecule has 4 nitrogen and oxygen atoms in total. The lowest BCUT2D eigenvalue weighted by Gasteiger charge is -2.18. The van der Waals surface area contributed by atoms with Gasteiger partial charge < -0.3 is 0 Å². The Bertz CT molecular complexity index is 360. The first-order valence-electron chi connectivity index (χ1n) is 4.58. The Kier molecular flexibility index (Phi) is 3.52. The summed E-state index contributed by atoms with van der Waals surface area (Å²) in [5.41, 5.74) is 4.81. The molecule has 1 rings (SSSR count). The predicted octanol–water partition coefficient (Wildman–Crippen LogP) is 2.22. The van der Waals surface area contributed by atoms with E-state index in [1.165, 1.54) is 0 Å². The Hall–Kier alpha value is -1.29. The molecule has 1 amide bonds. The minimum Gasteiger partial charge on any atom is -0.282 e. The molecular formula is C10H14ClN3O. The number of halogens is 1. The number of nitrogens with zero attached hydrogens (tertiary/aromatic N) is 1. The summed E-state index contributed by atoms with van der Waals surface area (Å²) >= 11 is 5.69. The SMILES string of the molecule is CC(C)(C)C(=O)NNc1cccc(Cl)n1. The van der Waals surface area contributed by atoms with Crippen LogP contribution in [0.3, 0.4) is 0 Å². The summed E-state index contributed by atoms with van der Waals surface area (Å²) < 4.78 is 0. The highest BCUT2D eigenvalue weighted by Crippen LogP contribution is 2.13. The lowest BCUT2D eigenvalue weighted by Crippen LogP contribution is -2.38. The second-order valence-electron chi connectivity index (χ2n) is 4.17. The second kappa shape index (κ2) is 4.49. The van der Waals surface area contributed by atoms with E-state index in [1.54, 1.807) is 18.2 Å². The predicted molar refractivity (Wildman–Crippen MR) is 60.5 cm³/mol. The van der Waals surface area contributed by atoms with Crippen molar-refractivity contribution in [2.24, 2.45) is 5.41 Å². The van der Waals surface area contributed by atoms with Crippen LogP contribution in [0.25, 0.3) is 0 Å². The van der Waals surface area contributed by atoms with Gasteiger partial charge in [-0.25, -0.2) is 4.98 Å². The maximum Gasteiger partial charge on any atom is 0.243 e. The zero-order valence-corrected chi connectivity index (χ0v) is 9.72. The standard InChI is InChI=1S/C10H14ClN3O/c1-10(2,3)9(15)14-13-8-6-4-5-7(11)12-8/h4-6H,1-3H3,(H,12,13)(H,14,15). The van der Waals surface area contributed by atoms with Crippen molar-refractivity contribution in [1.82, 2.24) is 10.4 Å². The van der Waals surface area contributed by atoms with Gasteiger partial charge in [0.1, 0.15) is 11.0 Å². The van der Waals surface area contributed by atoms with Gasteiger partial charge in [0.05, 0.1) is 0 Å². The van der Waals surface area contributed by atoms with Crippen LogP contribution in [0.4, 0.5) is 5.82 Å². The van der Waals surface area contributed by atoms with E-state index in [0.717, 1.165) is 0 Å². The third kappa shape index (κ3) is 3.75. The average Bonchev–Trinajstić information content (AvgIpc) is 2.12. The quantitative estimate of drug-likeness (QED) is 0.602. The number of pyridine rings is 1. The summed E-state index contributed by atoms with van der Waals surface area (Å²) in [4.78, 5) is 15.5. The fourth-order valence-corrected chi connectivity index (χ4v) is 0.950. The molecule has 0 spiro atoms. The smallest absolute Gasteiger partial charge is 0.243 e. The van der Waals surface area contributed by atoms with Crippen LogP contribution < -0.4 is 10.9 Å². The van der Waals surface area contributed by atoms with Crippen molar-refractivity contribution in [1.29, 1.82) is 0 Å². The van der Waals surface area contributed by atoms with E-state index in [0.29, 0.717) is 11.0 Å². The number of nitrogens with one attached hydrogen (secondary N) is 2. The first kappa shape index (κ1) is 11.8. The molecule has 0 saturated carbocycles. The first-order valence-corrected chi connectivity index (χ1v) is 4.96. The Labute approximate surface area is 94.0 Å². The minimum atomic E-state index is -0.439. The highest BCUT2D eigenvalue weighted by molar-refractivity contribution is 6.29. The number of carbonyl (C=O) groups excluding carboxylic acids is 1. The minimum absolute atomic E-state index is 0.107. The van der Waals surface area contributed by atoms with Gasteiger partial charge >= 0.3 is 0 Å². The number of hydrogen-bond acceptors (Lipinski definition) is 3. The summed E-state index contributed by atoms with van der Waals surface area (Å²) in [6.45, 7) is 5.49. The molecule has 1 heterocycles. The van der Waals surface area contributed by atoms with Crippen molar-refractivity contribution < 1.29 is 4.79 Å². The Morgan fingerprint density at radius 3 is 2.60 bits per heavy atom. The summed E-state index contributed by atoms with van der Waals surface area (Å²) in [6, 6.07) is 5.13. The molecule has 5 heteroatoms. The molecule has 1 aromatic heterocycles. The first-order chi connectivity index (χ1) is 6.89. The molecule has 0 bridgehead atoms. The van der Waals surface area contributed by atoms with Gasteiger partial charge in [-0.05, 0) is 12.1 Å². The molecule has 0 fully saturated rings. The molecule has 0 aromatic carbocycles. The zero-order valence-electron chi connectivity index (χ0n) is 8.97. The third-order valence-electron chi connectivity index (χ3n) is 1.70. The molecule has 0 saturated heterocycles. The lowest BCUT2D eigenvalue weighted by molar-refractivity contribution is -0.127. The molecule has 1 aromatic rings. The number of hydrazine groups is 1. The van der Waals surface area contributed by atoms with E-state index < -0.39 is 5.41 Å². The van der Waals surface area contributed by atoms with Crippen LogP contribution in [0, 0.1) is 5.41 Å². The summed E-state index contributed by atoms with van der Waals surface area (Å²) in [5.74, 6) is 0.407. The topological polar surface area (TPSA) is 54.0 Å². The van der Waals surface area contributed by atoms with Gasteiger partial charge in [-0.2, -0.15) is 0 Å². The summed E-state index contributed by atoms with van der Waals surface area (Å²) in [7, 11) is 0. The second-order valence-corrected chi connectivity index (χ2v) is 4.56. The number of carbonyl (C=O) groups is 1. The average molecular weight is 228 g/mol. The Morgan fingerprint density at radius 1 is 1.40 bits per heavy atom. The zero-order chi connectivity index (χ0) is 11.5. The van der Waals surface area contributed by atoms with Crippen LogP contribution in [0.15, 0.2) is 18.2 Å². The largest absolute Gasteiger partial charge is 0.282 e. The van der Waals surface area contributed by atoms with Crippen LogP contribution in [0.1, 0.15) is 20.8 Å². The molecule has 2 N–H and O–H groups in total. The molecule has 0 aliphatic heterocycles. The van der Waals surface area contributed by atoms with Gasteiger partial charge in [0.25, 0.3) is 0 Å². The van der Waals surface area contributed by atoms with Gasteiger partial charge in [0, 0.05) is 5.41 Å². The highest BCUT2D eigenvalue weighted by atomic mass is 35.5. The number of amides is 1. The molecule has 0 atom stereocenters. The van der Waals surface area contributed by atoms with Crippen LogP contribution in [0.2, 0.25) is 5.15 Å². The van der Waals surface area contributed by atoms with E-state index in [4.69, 9.17) is 11.6 Å². The summed E-state index contributed by atoms with van der Waals surface area (Å²) in [6.07, 6.45) is 0. The maximum absolute atomic E-state index is 11.5. The van der Waals surface area contributed by atoms with E-state index >= 15 is 0 Å². The van der Waals surface area contributed by atoms with Crippen LogP contribution >= 0.6 is 11.6 Å². The van der Waals surface area contributed by atoms with Gasteiger partial charge in [-0.3, -0.25) is 15.6 Å². The maximum atomic E-state index is 11.5. The molecule has 0 aliphatic carbocycles. The molecule has 82 valence electrons. The Balaban J connectivity index is 2.55. The normalized spacial score (nSPS) is 10.9. The van der Waals surface area contributed by atoms with Gasteiger partial charge in [0.2, 0.25) is 5.91 Å². The fraction of sp³-hybridized carbons (Fsp3) is 0.400. The molecule has 0 radical (unpaired) electrons. The number of rotatable bonds is 2. The third-order valence-corrected chi connectivity index (χ3v) is 1.91. The van der Waals surface area contributed by atoms with Gasteiger partial charge in [0.15, 0.2) is 0 Å². The van der Waals surface area contributed by atoms with Crippen molar-refractivity contribution in [3.05, 3.63) is 23.4 Å². The van der Waals surface area contributed by atoms with Crippen LogP contribution in [-0.2, 0) is 4.79 Å². The highest BCUT2D eigenvalue weighted by Gasteiger charge is 2.20. The van der Waals surface area contributed by atoms with Crippen LogP contribution in [-0.4, -0.2) is 10.9 Å². The van der Waals surface area contributed by atoms with Crippen molar-refractivity contribution in [2.45, 2.75) is 20.8 Å². The van der Waals surface area contributed by atoms with Crippen molar-refractivity contribution in [2.75, 3.05) is 5.43 Å². The van der Waals surface area contributed by atoms with Gasteiger partial charge in [-0.15, -0.1) is 0 Å². The fourth-order valence-electron chi connectivity index (χ4n) is 0.786. The lowest BCUT2D eigenvalue weighted by atomic mass is 9.96. The number of hydrogen-bond donors (Lipinski definition) is 2. The van der Waals surface area contributed by atoms with Crippen LogP contribution in [0.5, 0.6) is 0 Å². The van der Waals surface area contributed by atoms with E-state index in [-0.39, 0.29) is 5.91 Å². The van der Waals surface area contributed by atoms with Crippen molar-refractivity contribution >= 4 is 23.3 Å². The summed E-state index contributed by atoms with van der Waals surface area (Å²) in [5, 5.41) is 0.380.